The predicted octanol–water partition coefficient (Wildman–Crippen LogP) is 3.25. The molecule has 0 fully saturated rings. The summed E-state index contributed by atoms with van der Waals surface area (Å²) in [6.45, 7) is 1.92. The summed E-state index contributed by atoms with van der Waals surface area (Å²) >= 11 is 16.6. The van der Waals surface area contributed by atoms with Crippen molar-refractivity contribution in [1.82, 2.24) is 16.2 Å². The third-order valence-electron chi connectivity index (χ3n) is 2.96. The van der Waals surface area contributed by atoms with E-state index in [1.807, 2.05) is 19.1 Å². The second kappa shape index (κ2) is 8.10. The lowest BCUT2D eigenvalue weighted by atomic mass is 10.1. The Balaban J connectivity index is 1.89. The number of carbonyl (C=O) groups is 2. The van der Waals surface area contributed by atoms with Crippen LogP contribution in [0.25, 0.3) is 0 Å². The molecule has 2 aromatic carbocycles. The van der Waals surface area contributed by atoms with Crippen molar-refractivity contribution in [2.75, 3.05) is 0 Å². The van der Waals surface area contributed by atoms with Crippen LogP contribution < -0.4 is 16.2 Å². The maximum Gasteiger partial charge on any atom is 0.269 e. The summed E-state index contributed by atoms with van der Waals surface area (Å²) in [7, 11) is 0. The SMILES string of the molecule is Cc1ccc(C(=O)NNC(=S)NC(=O)c2cc(Cl)cc(Cl)c2)cc1. The number of aryl methyl sites for hydroxylation is 1. The molecule has 0 saturated carbocycles. The fourth-order valence-corrected chi connectivity index (χ4v) is 2.45. The van der Waals surface area contributed by atoms with E-state index in [9.17, 15) is 9.59 Å². The molecule has 0 aliphatic rings. The smallest absolute Gasteiger partial charge is 0.269 e. The molecule has 0 saturated heterocycles. The molecule has 2 aromatic rings. The number of benzene rings is 2. The summed E-state index contributed by atoms with van der Waals surface area (Å²) in [6, 6.07) is 11.4. The highest BCUT2D eigenvalue weighted by Gasteiger charge is 2.11. The maximum atomic E-state index is 12.0. The number of amides is 2. The Labute approximate surface area is 154 Å². The molecule has 0 unspecified atom stereocenters. The Morgan fingerprint density at radius 3 is 2.04 bits per heavy atom. The van der Waals surface area contributed by atoms with Gasteiger partial charge < -0.3 is 0 Å². The number of halogens is 2. The molecular weight excluding hydrogens is 369 g/mol. The molecule has 0 aliphatic carbocycles. The van der Waals surface area contributed by atoms with E-state index in [1.165, 1.54) is 18.2 Å². The number of hydrazine groups is 1. The number of rotatable bonds is 2. The van der Waals surface area contributed by atoms with Gasteiger partial charge in [-0.25, -0.2) is 0 Å². The van der Waals surface area contributed by atoms with Crippen molar-refractivity contribution in [3.8, 4) is 0 Å². The van der Waals surface area contributed by atoms with Crippen LogP contribution in [0.15, 0.2) is 42.5 Å². The van der Waals surface area contributed by atoms with Crippen molar-refractivity contribution in [2.45, 2.75) is 6.92 Å². The van der Waals surface area contributed by atoms with E-state index in [-0.39, 0.29) is 16.6 Å². The van der Waals surface area contributed by atoms with Gasteiger partial charge in [-0.1, -0.05) is 40.9 Å². The minimum Gasteiger partial charge on any atom is -0.298 e. The van der Waals surface area contributed by atoms with Gasteiger partial charge in [0.05, 0.1) is 0 Å². The Hall–Kier alpha value is -2.15. The maximum absolute atomic E-state index is 12.0. The molecule has 0 aliphatic heterocycles. The van der Waals surface area contributed by atoms with Crippen LogP contribution in [-0.2, 0) is 0 Å². The zero-order valence-corrected chi connectivity index (χ0v) is 14.9. The van der Waals surface area contributed by atoms with E-state index in [0.29, 0.717) is 15.6 Å². The van der Waals surface area contributed by atoms with Crippen LogP contribution in [0.5, 0.6) is 0 Å². The number of hydrogen-bond donors (Lipinski definition) is 3. The lowest BCUT2D eigenvalue weighted by molar-refractivity contribution is 0.0934. The normalized spacial score (nSPS) is 9.96. The van der Waals surface area contributed by atoms with Crippen molar-refractivity contribution in [3.05, 3.63) is 69.2 Å². The summed E-state index contributed by atoms with van der Waals surface area (Å²) in [5.74, 6) is -0.876. The molecule has 124 valence electrons. The molecule has 0 heterocycles. The van der Waals surface area contributed by atoms with E-state index in [1.54, 1.807) is 12.1 Å². The van der Waals surface area contributed by atoms with E-state index in [4.69, 9.17) is 35.4 Å². The van der Waals surface area contributed by atoms with Crippen LogP contribution in [0.3, 0.4) is 0 Å². The number of thiocarbonyl (C=S) groups is 1. The van der Waals surface area contributed by atoms with Crippen molar-refractivity contribution in [2.24, 2.45) is 0 Å². The predicted molar refractivity (Wildman–Crippen MR) is 98.3 cm³/mol. The number of carbonyl (C=O) groups excluding carboxylic acids is 2. The van der Waals surface area contributed by atoms with Crippen molar-refractivity contribution >= 4 is 52.3 Å². The lowest BCUT2D eigenvalue weighted by Gasteiger charge is -2.11. The minimum absolute atomic E-state index is 0.0587. The van der Waals surface area contributed by atoms with Gasteiger partial charge in [0.15, 0.2) is 5.11 Å². The molecule has 3 N–H and O–H groups in total. The van der Waals surface area contributed by atoms with Crippen LogP contribution in [0, 0.1) is 6.92 Å². The van der Waals surface area contributed by atoms with Gasteiger partial charge in [0.25, 0.3) is 11.8 Å². The van der Waals surface area contributed by atoms with E-state index in [2.05, 4.69) is 16.2 Å². The molecular formula is C16H13Cl2N3O2S. The quantitative estimate of drug-likeness (QED) is 0.551. The first-order chi connectivity index (χ1) is 11.3. The molecule has 0 radical (unpaired) electrons. The highest BCUT2D eigenvalue weighted by molar-refractivity contribution is 7.80. The van der Waals surface area contributed by atoms with Crippen LogP contribution in [0.4, 0.5) is 0 Å². The largest absolute Gasteiger partial charge is 0.298 e. The second-order valence-electron chi connectivity index (χ2n) is 4.89. The highest BCUT2D eigenvalue weighted by Crippen LogP contribution is 2.18. The van der Waals surface area contributed by atoms with Gasteiger partial charge in [0, 0.05) is 21.2 Å². The zero-order valence-electron chi connectivity index (χ0n) is 12.5. The first-order valence-corrected chi connectivity index (χ1v) is 7.96. The van der Waals surface area contributed by atoms with Gasteiger partial charge in [-0.2, -0.15) is 0 Å². The molecule has 2 amide bonds. The van der Waals surface area contributed by atoms with Crippen LogP contribution in [-0.4, -0.2) is 16.9 Å². The van der Waals surface area contributed by atoms with Crippen molar-refractivity contribution in [1.29, 1.82) is 0 Å². The first kappa shape index (κ1) is 18.2. The Morgan fingerprint density at radius 1 is 0.875 bits per heavy atom. The fraction of sp³-hybridized carbons (Fsp3) is 0.0625. The van der Waals surface area contributed by atoms with Crippen LogP contribution in [0.2, 0.25) is 10.0 Å². The van der Waals surface area contributed by atoms with Crippen molar-refractivity contribution < 1.29 is 9.59 Å². The van der Waals surface area contributed by atoms with Gasteiger partial charge in [-0.3, -0.25) is 25.8 Å². The van der Waals surface area contributed by atoms with Crippen LogP contribution >= 0.6 is 35.4 Å². The summed E-state index contributed by atoms with van der Waals surface area (Å²) in [6.07, 6.45) is 0. The van der Waals surface area contributed by atoms with Gasteiger partial charge in [0.2, 0.25) is 0 Å². The number of hydrogen-bond acceptors (Lipinski definition) is 3. The van der Waals surface area contributed by atoms with Gasteiger partial charge in [0.1, 0.15) is 0 Å². The molecule has 0 aromatic heterocycles. The Kier molecular flexibility index (Phi) is 6.14. The molecule has 0 bridgehead atoms. The summed E-state index contributed by atoms with van der Waals surface area (Å²) < 4.78 is 0. The first-order valence-electron chi connectivity index (χ1n) is 6.79. The second-order valence-corrected chi connectivity index (χ2v) is 6.17. The standard InChI is InChI=1S/C16H13Cl2N3O2S/c1-9-2-4-10(5-3-9)15(23)20-21-16(24)19-14(22)11-6-12(17)8-13(18)7-11/h2-8H,1H3,(H,20,23)(H2,19,21,22,24). The average Bonchev–Trinajstić information content (AvgIpc) is 2.52. The van der Waals surface area contributed by atoms with E-state index in [0.717, 1.165) is 5.56 Å². The molecule has 0 atom stereocenters. The number of nitrogens with one attached hydrogen (secondary N) is 3. The monoisotopic (exact) mass is 381 g/mol. The third-order valence-corrected chi connectivity index (χ3v) is 3.60. The average molecular weight is 382 g/mol. The molecule has 5 nitrogen and oxygen atoms in total. The van der Waals surface area contributed by atoms with Crippen molar-refractivity contribution in [3.63, 3.8) is 0 Å². The topological polar surface area (TPSA) is 70.2 Å². The molecule has 24 heavy (non-hydrogen) atoms. The fourth-order valence-electron chi connectivity index (χ4n) is 1.78. The molecule has 0 spiro atoms. The summed E-state index contributed by atoms with van der Waals surface area (Å²) in [4.78, 5) is 24.0. The third kappa shape index (κ3) is 5.19. The minimum atomic E-state index is -0.499. The summed E-state index contributed by atoms with van der Waals surface area (Å²) in [5, 5.41) is 3.02. The highest BCUT2D eigenvalue weighted by atomic mass is 35.5. The van der Waals surface area contributed by atoms with Gasteiger partial charge in [-0.05, 0) is 49.5 Å². The van der Waals surface area contributed by atoms with Gasteiger partial charge >= 0.3 is 0 Å². The van der Waals surface area contributed by atoms with Crippen LogP contribution in [0.1, 0.15) is 26.3 Å². The Bertz CT molecular complexity index is 774. The van der Waals surface area contributed by atoms with E-state index < -0.39 is 5.91 Å². The molecule has 2 rings (SSSR count). The summed E-state index contributed by atoms with van der Waals surface area (Å²) in [5.41, 5.74) is 6.62. The zero-order chi connectivity index (χ0) is 17.7. The van der Waals surface area contributed by atoms with E-state index >= 15 is 0 Å². The van der Waals surface area contributed by atoms with Gasteiger partial charge in [-0.15, -0.1) is 0 Å². The Morgan fingerprint density at radius 2 is 1.46 bits per heavy atom. The molecule has 8 heteroatoms. The lowest BCUT2D eigenvalue weighted by Crippen LogP contribution is -2.48.